The van der Waals surface area contributed by atoms with Gasteiger partial charge in [0.05, 0.1) is 6.10 Å². The summed E-state index contributed by atoms with van der Waals surface area (Å²) in [5.74, 6) is 0. The fraction of sp³-hybridized carbons (Fsp3) is 1.00. The van der Waals surface area contributed by atoms with E-state index < -0.39 is 0 Å². The van der Waals surface area contributed by atoms with Crippen LogP contribution >= 0.6 is 0 Å². The summed E-state index contributed by atoms with van der Waals surface area (Å²) in [6, 6.07) is 1.38. The minimum atomic E-state index is 0.341. The Morgan fingerprint density at radius 2 is 2.00 bits per heavy atom. The van der Waals surface area contributed by atoms with Crippen LogP contribution in [-0.4, -0.2) is 48.3 Å². The lowest BCUT2D eigenvalue weighted by Crippen LogP contribution is -2.65. The van der Waals surface area contributed by atoms with Crippen LogP contribution in [0.1, 0.15) is 53.4 Å². The van der Waals surface area contributed by atoms with Crippen LogP contribution in [-0.2, 0) is 4.74 Å². The van der Waals surface area contributed by atoms with Gasteiger partial charge in [-0.15, -0.1) is 0 Å². The third kappa shape index (κ3) is 2.89. The van der Waals surface area contributed by atoms with E-state index in [2.05, 4.69) is 37.9 Å². The van der Waals surface area contributed by atoms with E-state index in [0.717, 1.165) is 19.2 Å². The van der Waals surface area contributed by atoms with Gasteiger partial charge in [0.1, 0.15) is 0 Å². The van der Waals surface area contributed by atoms with Gasteiger partial charge in [-0.2, -0.15) is 0 Å². The van der Waals surface area contributed by atoms with Crippen LogP contribution in [0.25, 0.3) is 0 Å². The number of nitrogens with zero attached hydrogens (tertiary/aromatic N) is 1. The molecule has 0 spiro atoms. The fourth-order valence-corrected chi connectivity index (χ4v) is 3.53. The van der Waals surface area contributed by atoms with E-state index in [1.54, 1.807) is 0 Å². The molecule has 0 saturated carbocycles. The quantitative estimate of drug-likeness (QED) is 0.837. The highest BCUT2D eigenvalue weighted by Crippen LogP contribution is 2.28. The Bertz CT molecular complexity index is 265. The predicted molar refractivity (Wildman–Crippen MR) is 75.9 cm³/mol. The highest BCUT2D eigenvalue weighted by molar-refractivity contribution is 4.98. The summed E-state index contributed by atoms with van der Waals surface area (Å²) in [6.07, 6.45) is 5.30. The summed E-state index contributed by atoms with van der Waals surface area (Å²) in [5, 5.41) is 3.79. The molecule has 0 aromatic heterocycles. The Kier molecular flexibility index (Phi) is 4.68. The molecule has 3 unspecified atom stereocenters. The van der Waals surface area contributed by atoms with Crippen LogP contribution in [0, 0.1) is 0 Å². The first-order valence-electron chi connectivity index (χ1n) is 7.72. The van der Waals surface area contributed by atoms with Crippen molar-refractivity contribution in [2.24, 2.45) is 0 Å². The van der Waals surface area contributed by atoms with Gasteiger partial charge in [-0.25, -0.2) is 0 Å². The molecule has 2 fully saturated rings. The second-order valence-corrected chi connectivity index (χ2v) is 6.25. The maximum Gasteiger partial charge on any atom is 0.0561 e. The summed E-state index contributed by atoms with van der Waals surface area (Å²) in [6.45, 7) is 12.5. The molecule has 2 rings (SSSR count). The van der Waals surface area contributed by atoms with E-state index in [-0.39, 0.29) is 0 Å². The van der Waals surface area contributed by atoms with Crippen molar-refractivity contribution in [1.82, 2.24) is 10.2 Å². The average molecular weight is 254 g/mol. The number of hydrogen-bond donors (Lipinski definition) is 1. The van der Waals surface area contributed by atoms with E-state index in [1.807, 2.05) is 0 Å². The first-order chi connectivity index (χ1) is 8.60. The summed E-state index contributed by atoms with van der Waals surface area (Å²) in [4.78, 5) is 2.75. The van der Waals surface area contributed by atoms with Crippen LogP contribution < -0.4 is 5.32 Å². The molecule has 3 nitrogen and oxygen atoms in total. The number of hydrogen-bond acceptors (Lipinski definition) is 3. The van der Waals surface area contributed by atoms with E-state index in [1.165, 1.54) is 32.2 Å². The number of ether oxygens (including phenoxy) is 1. The molecular weight excluding hydrogens is 224 g/mol. The Labute approximate surface area is 112 Å². The molecule has 18 heavy (non-hydrogen) atoms. The standard InChI is InChI=1S/C15H30N2O/c1-5-15(6-2)11-17(12(3)10-16-15)14-7-8-18-13(4)9-14/h12-14,16H,5-11H2,1-4H3. The largest absolute Gasteiger partial charge is 0.378 e. The highest BCUT2D eigenvalue weighted by atomic mass is 16.5. The molecular formula is C15H30N2O. The minimum absolute atomic E-state index is 0.341. The normalized spacial score (nSPS) is 37.7. The van der Waals surface area contributed by atoms with Crippen LogP contribution in [0.3, 0.4) is 0 Å². The number of piperazine rings is 1. The summed E-state index contributed by atoms with van der Waals surface area (Å²) in [7, 11) is 0. The van der Waals surface area contributed by atoms with Gasteiger partial charge in [0.25, 0.3) is 0 Å². The number of nitrogens with one attached hydrogen (secondary N) is 1. The SMILES string of the molecule is CCC1(CC)CN(C2CCOC(C)C2)C(C)CN1. The molecule has 3 heteroatoms. The molecule has 2 aliphatic heterocycles. The van der Waals surface area contributed by atoms with Crippen molar-refractivity contribution < 1.29 is 4.74 Å². The van der Waals surface area contributed by atoms with Gasteiger partial charge in [0, 0.05) is 37.3 Å². The second-order valence-electron chi connectivity index (χ2n) is 6.25. The summed E-state index contributed by atoms with van der Waals surface area (Å²) >= 11 is 0. The van der Waals surface area contributed by atoms with Crippen molar-refractivity contribution in [3.8, 4) is 0 Å². The molecule has 2 saturated heterocycles. The van der Waals surface area contributed by atoms with Crippen LogP contribution in [0.4, 0.5) is 0 Å². The van der Waals surface area contributed by atoms with Crippen molar-refractivity contribution in [2.75, 3.05) is 19.7 Å². The Morgan fingerprint density at radius 1 is 1.28 bits per heavy atom. The maximum absolute atomic E-state index is 5.70. The second kappa shape index (κ2) is 5.89. The molecule has 3 atom stereocenters. The zero-order chi connectivity index (χ0) is 13.2. The lowest BCUT2D eigenvalue weighted by Gasteiger charge is -2.50. The number of rotatable bonds is 3. The average Bonchev–Trinajstić information content (AvgIpc) is 2.40. The molecule has 0 amide bonds. The lowest BCUT2D eigenvalue weighted by atomic mass is 9.86. The molecule has 0 aromatic rings. The van der Waals surface area contributed by atoms with Gasteiger partial charge in [-0.1, -0.05) is 13.8 Å². The molecule has 0 aromatic carbocycles. The van der Waals surface area contributed by atoms with E-state index >= 15 is 0 Å². The molecule has 1 N–H and O–H groups in total. The van der Waals surface area contributed by atoms with Crippen molar-refractivity contribution in [3.63, 3.8) is 0 Å². The van der Waals surface area contributed by atoms with E-state index in [9.17, 15) is 0 Å². The predicted octanol–water partition coefficient (Wildman–Crippen LogP) is 2.41. The molecule has 0 bridgehead atoms. The van der Waals surface area contributed by atoms with Gasteiger partial charge < -0.3 is 10.1 Å². The van der Waals surface area contributed by atoms with E-state index in [0.29, 0.717) is 17.7 Å². The molecule has 2 aliphatic rings. The molecule has 0 aliphatic carbocycles. The molecule has 106 valence electrons. The third-order valence-corrected chi connectivity index (χ3v) is 5.10. The zero-order valence-electron chi connectivity index (χ0n) is 12.5. The lowest BCUT2D eigenvalue weighted by molar-refractivity contribution is -0.0458. The van der Waals surface area contributed by atoms with Gasteiger partial charge in [-0.05, 0) is 39.5 Å². The van der Waals surface area contributed by atoms with Crippen molar-refractivity contribution in [3.05, 3.63) is 0 Å². The summed E-state index contributed by atoms with van der Waals surface area (Å²) in [5.41, 5.74) is 0.341. The first kappa shape index (κ1) is 14.3. The van der Waals surface area contributed by atoms with Gasteiger partial charge in [0.15, 0.2) is 0 Å². The topological polar surface area (TPSA) is 24.5 Å². The Balaban J connectivity index is 2.04. The monoisotopic (exact) mass is 254 g/mol. The van der Waals surface area contributed by atoms with E-state index in [4.69, 9.17) is 4.74 Å². The zero-order valence-corrected chi connectivity index (χ0v) is 12.5. The van der Waals surface area contributed by atoms with Gasteiger partial charge in [-0.3, -0.25) is 4.90 Å². The molecule has 2 heterocycles. The van der Waals surface area contributed by atoms with Crippen LogP contribution in [0.15, 0.2) is 0 Å². The molecule has 0 radical (unpaired) electrons. The van der Waals surface area contributed by atoms with Gasteiger partial charge in [0.2, 0.25) is 0 Å². The Hall–Kier alpha value is -0.120. The van der Waals surface area contributed by atoms with Gasteiger partial charge >= 0.3 is 0 Å². The van der Waals surface area contributed by atoms with Crippen molar-refractivity contribution in [2.45, 2.75) is 77.1 Å². The minimum Gasteiger partial charge on any atom is -0.378 e. The first-order valence-corrected chi connectivity index (χ1v) is 7.72. The fourth-order valence-electron chi connectivity index (χ4n) is 3.53. The third-order valence-electron chi connectivity index (χ3n) is 5.10. The van der Waals surface area contributed by atoms with Crippen molar-refractivity contribution >= 4 is 0 Å². The van der Waals surface area contributed by atoms with Crippen LogP contribution in [0.5, 0.6) is 0 Å². The maximum atomic E-state index is 5.70. The smallest absolute Gasteiger partial charge is 0.0561 e. The highest BCUT2D eigenvalue weighted by Gasteiger charge is 2.39. The van der Waals surface area contributed by atoms with Crippen molar-refractivity contribution in [1.29, 1.82) is 0 Å². The Morgan fingerprint density at radius 3 is 2.61 bits per heavy atom. The summed E-state index contributed by atoms with van der Waals surface area (Å²) < 4.78 is 5.70. The van der Waals surface area contributed by atoms with Crippen LogP contribution in [0.2, 0.25) is 0 Å².